The lowest BCUT2D eigenvalue weighted by molar-refractivity contribution is -0.385. The van der Waals surface area contributed by atoms with E-state index in [0.29, 0.717) is 22.6 Å². The van der Waals surface area contributed by atoms with E-state index in [1.54, 1.807) is 43.3 Å². The average molecular weight is 418 g/mol. The van der Waals surface area contributed by atoms with Gasteiger partial charge in [-0.05, 0) is 55.1 Å². The first-order valence-electron chi connectivity index (χ1n) is 7.99. The molecule has 1 heterocycles. The van der Waals surface area contributed by atoms with Gasteiger partial charge in [0.15, 0.2) is 11.8 Å². The second-order valence-electron chi connectivity index (χ2n) is 5.83. The molecule has 28 heavy (non-hydrogen) atoms. The molecule has 2 aromatic carbocycles. The highest BCUT2D eigenvalue weighted by atomic mass is 32.4. The minimum Gasteiger partial charge on any atom is -0.457 e. The first-order chi connectivity index (χ1) is 13.3. The monoisotopic (exact) mass is 418 g/mol. The van der Waals surface area contributed by atoms with Crippen molar-refractivity contribution >= 4 is 46.4 Å². The van der Waals surface area contributed by atoms with Crippen molar-refractivity contribution in [3.63, 3.8) is 0 Å². The summed E-state index contributed by atoms with van der Waals surface area (Å²) in [6, 6.07) is 15.3. The largest absolute Gasteiger partial charge is 0.457 e. The van der Waals surface area contributed by atoms with Gasteiger partial charge in [0, 0.05) is 35.6 Å². The number of rotatable bonds is 7. The Bertz CT molecular complexity index is 1000. The first-order valence-corrected chi connectivity index (χ1v) is 10.8. The van der Waals surface area contributed by atoms with E-state index in [9.17, 15) is 20.2 Å². The van der Waals surface area contributed by atoms with Crippen molar-refractivity contribution in [3.05, 3.63) is 86.7 Å². The maximum absolute atomic E-state index is 10.8. The molecule has 0 radical (unpaired) electrons. The van der Waals surface area contributed by atoms with Crippen molar-refractivity contribution in [1.29, 1.82) is 0 Å². The molecule has 3 rings (SSSR count). The second kappa shape index (κ2) is 7.79. The lowest BCUT2D eigenvalue weighted by atomic mass is 10.3. The van der Waals surface area contributed by atoms with Crippen molar-refractivity contribution in [2.24, 2.45) is 0 Å². The fourth-order valence-corrected chi connectivity index (χ4v) is 5.19. The number of anilines is 2. The van der Waals surface area contributed by atoms with E-state index in [-0.39, 0.29) is 11.4 Å². The van der Waals surface area contributed by atoms with Crippen molar-refractivity contribution in [3.8, 4) is 0 Å². The zero-order valence-electron chi connectivity index (χ0n) is 14.6. The van der Waals surface area contributed by atoms with Crippen LogP contribution in [-0.4, -0.2) is 9.85 Å². The summed E-state index contributed by atoms with van der Waals surface area (Å²) >= 11 is 5.84. The number of nitrogens with zero attached hydrogens (tertiary/aromatic N) is 2. The standard InChI is InChI=1S/C17H15N4O5PS/c1-12-2-11-17(26-12)27(28,18-13-3-7-15(8-4-13)20(22)23)19-14-5-9-16(10-6-14)21(24)25/h2-11H,1H3,(H2,18,19,28). The van der Waals surface area contributed by atoms with Gasteiger partial charge in [-0.2, -0.15) is 0 Å². The van der Waals surface area contributed by atoms with Crippen molar-refractivity contribution in [2.75, 3.05) is 10.2 Å². The van der Waals surface area contributed by atoms with Gasteiger partial charge in [0.25, 0.3) is 11.4 Å². The van der Waals surface area contributed by atoms with E-state index in [0.717, 1.165) is 0 Å². The summed E-state index contributed by atoms with van der Waals surface area (Å²) in [5.74, 6) is 0.681. The van der Waals surface area contributed by atoms with Crippen LogP contribution in [0.1, 0.15) is 5.76 Å². The van der Waals surface area contributed by atoms with Gasteiger partial charge in [-0.25, -0.2) is 0 Å². The summed E-state index contributed by atoms with van der Waals surface area (Å²) in [6.45, 7) is 1.79. The number of nitro benzene ring substituents is 2. The number of hydrogen-bond donors (Lipinski definition) is 2. The van der Waals surface area contributed by atoms with Crippen molar-refractivity contribution in [2.45, 2.75) is 6.92 Å². The van der Waals surface area contributed by atoms with Crippen LogP contribution in [0.5, 0.6) is 0 Å². The van der Waals surface area contributed by atoms with Crippen LogP contribution in [0.3, 0.4) is 0 Å². The SMILES string of the molecule is Cc1ccc(P(=S)(Nc2ccc([N+](=O)[O-])cc2)Nc2ccc([N+](=O)[O-])cc2)o1. The summed E-state index contributed by atoms with van der Waals surface area (Å²) in [6.07, 6.45) is -2.75. The molecule has 144 valence electrons. The Kier molecular flexibility index (Phi) is 5.43. The van der Waals surface area contributed by atoms with E-state index < -0.39 is 16.2 Å². The Balaban J connectivity index is 1.92. The van der Waals surface area contributed by atoms with Crippen LogP contribution in [0.15, 0.2) is 65.1 Å². The normalized spacial score (nSPS) is 11.0. The molecule has 0 aliphatic rings. The summed E-state index contributed by atoms with van der Waals surface area (Å²) in [4.78, 5) is 20.7. The van der Waals surface area contributed by atoms with Gasteiger partial charge >= 0.3 is 0 Å². The highest BCUT2D eigenvalue weighted by Gasteiger charge is 2.24. The highest BCUT2D eigenvalue weighted by Crippen LogP contribution is 2.45. The predicted molar refractivity (Wildman–Crippen MR) is 111 cm³/mol. The smallest absolute Gasteiger partial charge is 0.269 e. The zero-order valence-corrected chi connectivity index (χ0v) is 16.3. The molecule has 0 bridgehead atoms. The lowest BCUT2D eigenvalue weighted by Crippen LogP contribution is -2.16. The Morgan fingerprint density at radius 1 is 0.821 bits per heavy atom. The van der Waals surface area contributed by atoms with Gasteiger partial charge in [-0.15, -0.1) is 0 Å². The fourth-order valence-electron chi connectivity index (χ4n) is 2.41. The highest BCUT2D eigenvalue weighted by molar-refractivity contribution is 8.19. The maximum Gasteiger partial charge on any atom is 0.269 e. The topological polar surface area (TPSA) is 123 Å². The molecule has 2 N–H and O–H groups in total. The zero-order chi connectivity index (χ0) is 20.3. The molecular weight excluding hydrogens is 403 g/mol. The number of nitro groups is 2. The van der Waals surface area contributed by atoms with Crippen LogP contribution in [0.4, 0.5) is 22.7 Å². The van der Waals surface area contributed by atoms with E-state index in [2.05, 4.69) is 10.2 Å². The third-order valence-electron chi connectivity index (χ3n) is 3.77. The quantitative estimate of drug-likeness (QED) is 0.325. The van der Waals surface area contributed by atoms with Crippen LogP contribution in [0, 0.1) is 27.2 Å². The molecule has 0 spiro atoms. The molecule has 0 saturated carbocycles. The summed E-state index contributed by atoms with van der Waals surface area (Å²) in [5.41, 5.74) is 1.61. The molecule has 0 unspecified atom stereocenters. The second-order valence-corrected chi connectivity index (χ2v) is 9.57. The number of non-ortho nitro benzene ring substituents is 2. The minimum absolute atomic E-state index is 0.0315. The molecule has 9 nitrogen and oxygen atoms in total. The summed E-state index contributed by atoms with van der Waals surface area (Å²) in [7, 11) is 0. The molecule has 0 amide bonds. The number of hydrogen-bond acceptors (Lipinski definition) is 6. The van der Waals surface area contributed by atoms with E-state index in [1.165, 1.54) is 24.3 Å². The van der Waals surface area contributed by atoms with Crippen LogP contribution < -0.4 is 15.7 Å². The number of benzene rings is 2. The molecular formula is C17H15N4O5PS. The van der Waals surface area contributed by atoms with Gasteiger partial charge in [-0.1, -0.05) is 0 Å². The fraction of sp³-hybridized carbons (Fsp3) is 0.0588. The molecule has 0 atom stereocenters. The average Bonchev–Trinajstić information content (AvgIpc) is 3.10. The lowest BCUT2D eigenvalue weighted by Gasteiger charge is -2.24. The van der Waals surface area contributed by atoms with Gasteiger partial charge in [0.1, 0.15) is 5.76 Å². The Hall–Kier alpha value is -3.23. The van der Waals surface area contributed by atoms with Gasteiger partial charge in [0.05, 0.1) is 9.85 Å². The van der Waals surface area contributed by atoms with E-state index >= 15 is 0 Å². The van der Waals surface area contributed by atoms with E-state index in [1.807, 2.05) is 0 Å². The Labute approximate surface area is 164 Å². The third-order valence-corrected chi connectivity index (χ3v) is 6.86. The maximum atomic E-state index is 10.8. The molecule has 3 aromatic rings. The van der Waals surface area contributed by atoms with E-state index in [4.69, 9.17) is 16.2 Å². The minimum atomic E-state index is -2.75. The molecule has 0 fully saturated rings. The summed E-state index contributed by atoms with van der Waals surface area (Å²) < 4.78 is 5.72. The molecule has 1 aromatic heterocycles. The number of furan rings is 1. The van der Waals surface area contributed by atoms with Crippen LogP contribution >= 0.6 is 6.34 Å². The van der Waals surface area contributed by atoms with Gasteiger partial charge in [0.2, 0.25) is 0 Å². The molecule has 0 saturated heterocycles. The van der Waals surface area contributed by atoms with Gasteiger partial charge < -0.3 is 14.6 Å². The predicted octanol–water partition coefficient (Wildman–Crippen LogP) is 4.56. The van der Waals surface area contributed by atoms with Crippen molar-refractivity contribution in [1.82, 2.24) is 0 Å². The Morgan fingerprint density at radius 3 is 1.57 bits per heavy atom. The van der Waals surface area contributed by atoms with Gasteiger partial charge in [-0.3, -0.25) is 20.2 Å². The molecule has 11 heteroatoms. The number of nitrogens with one attached hydrogen (secondary N) is 2. The molecule has 0 aliphatic carbocycles. The Morgan fingerprint density at radius 2 is 1.25 bits per heavy atom. The van der Waals surface area contributed by atoms with Crippen LogP contribution in [0.2, 0.25) is 0 Å². The third kappa shape index (κ3) is 4.36. The summed E-state index contributed by atoms with van der Waals surface area (Å²) in [5, 5.41) is 28.1. The molecule has 0 aliphatic heterocycles. The van der Waals surface area contributed by atoms with Crippen LogP contribution in [0.25, 0.3) is 0 Å². The first kappa shape index (κ1) is 19.5. The van der Waals surface area contributed by atoms with Crippen LogP contribution in [-0.2, 0) is 11.8 Å². The number of aryl methyl sites for hydroxylation is 1. The van der Waals surface area contributed by atoms with Crippen molar-refractivity contribution < 1.29 is 14.3 Å².